The van der Waals surface area contributed by atoms with Gasteiger partial charge in [-0.05, 0) is 30.5 Å². The zero-order chi connectivity index (χ0) is 26.0. The van der Waals surface area contributed by atoms with Crippen LogP contribution in [0.1, 0.15) is 39.2 Å². The predicted molar refractivity (Wildman–Crippen MR) is 137 cm³/mol. The van der Waals surface area contributed by atoms with Gasteiger partial charge in [-0.1, -0.05) is 51.9 Å². The van der Waals surface area contributed by atoms with Crippen molar-refractivity contribution in [1.82, 2.24) is 9.97 Å². The molecule has 190 valence electrons. The summed E-state index contributed by atoms with van der Waals surface area (Å²) in [4.78, 5) is 8.23. The van der Waals surface area contributed by atoms with Crippen molar-refractivity contribution in [3.05, 3.63) is 81.9 Å². The van der Waals surface area contributed by atoms with E-state index in [4.69, 9.17) is 4.55 Å². The van der Waals surface area contributed by atoms with E-state index in [1.165, 1.54) is 21.6 Å². The SMILES string of the molecule is Cc1ncc(CSSCc2cnc(C)c(O)c2CO)c(CO)c1O.O=S(=O)(O)Cc1ccccc1. The highest BCUT2D eigenvalue weighted by Gasteiger charge is 2.13. The van der Waals surface area contributed by atoms with E-state index in [0.717, 1.165) is 11.1 Å². The van der Waals surface area contributed by atoms with Gasteiger partial charge in [0.25, 0.3) is 10.1 Å². The maximum atomic E-state index is 10.4. The van der Waals surface area contributed by atoms with Gasteiger partial charge in [0.05, 0.1) is 24.6 Å². The second-order valence-corrected chi connectivity index (χ2v) is 11.4. The Bertz CT molecular complexity index is 1160. The minimum atomic E-state index is -3.88. The van der Waals surface area contributed by atoms with Crippen LogP contribution in [0.15, 0.2) is 42.7 Å². The summed E-state index contributed by atoms with van der Waals surface area (Å²) in [6.45, 7) is 2.90. The minimum Gasteiger partial charge on any atom is -0.506 e. The Balaban J connectivity index is 0.000000328. The van der Waals surface area contributed by atoms with E-state index in [-0.39, 0.29) is 30.5 Å². The largest absolute Gasteiger partial charge is 0.506 e. The van der Waals surface area contributed by atoms with Crippen LogP contribution in [-0.4, -0.2) is 43.4 Å². The molecular weight excluding hydrogens is 512 g/mol. The van der Waals surface area contributed by atoms with Crippen LogP contribution in [0.3, 0.4) is 0 Å². The molecule has 0 atom stereocenters. The number of rotatable bonds is 9. The van der Waals surface area contributed by atoms with Crippen molar-refractivity contribution in [2.24, 2.45) is 0 Å². The lowest BCUT2D eigenvalue weighted by Crippen LogP contribution is -2.00. The zero-order valence-electron chi connectivity index (χ0n) is 19.2. The van der Waals surface area contributed by atoms with Gasteiger partial charge < -0.3 is 20.4 Å². The quantitative estimate of drug-likeness (QED) is 0.153. The summed E-state index contributed by atoms with van der Waals surface area (Å²) >= 11 is 0. The molecular formula is C23H28N2O7S3. The molecule has 0 bridgehead atoms. The standard InChI is InChI=1S/C16H20N2O4S2.C7H8O3S/c1-9-15(21)13(5-19)11(3-17-9)7-23-24-8-12-4-18-10(2)16(22)14(12)6-20;8-11(9,10)6-7-4-2-1-3-5-7/h3-4,19-22H,5-8H2,1-2H3;1-5H,6H2,(H,8,9,10). The number of aromatic nitrogens is 2. The number of hydrogen-bond donors (Lipinski definition) is 5. The van der Waals surface area contributed by atoms with Gasteiger partial charge in [0, 0.05) is 35.0 Å². The number of benzene rings is 1. The van der Waals surface area contributed by atoms with E-state index in [2.05, 4.69) is 9.97 Å². The fourth-order valence-electron chi connectivity index (χ4n) is 2.97. The van der Waals surface area contributed by atoms with Crippen molar-refractivity contribution >= 4 is 31.7 Å². The fraction of sp³-hybridized carbons (Fsp3) is 0.304. The van der Waals surface area contributed by atoms with E-state index in [0.29, 0.717) is 39.6 Å². The summed E-state index contributed by atoms with van der Waals surface area (Å²) in [6.07, 6.45) is 3.32. The normalized spacial score (nSPS) is 11.1. The van der Waals surface area contributed by atoms with Crippen LogP contribution < -0.4 is 0 Å². The third-order valence-electron chi connectivity index (χ3n) is 4.88. The highest BCUT2D eigenvalue weighted by Crippen LogP contribution is 2.35. The van der Waals surface area contributed by atoms with Gasteiger partial charge in [-0.3, -0.25) is 14.5 Å². The first-order valence-corrected chi connectivity index (χ1v) is 14.4. The first kappa shape index (κ1) is 28.9. The summed E-state index contributed by atoms with van der Waals surface area (Å²) in [5, 5.41) is 38.7. The molecule has 0 fully saturated rings. The average Bonchev–Trinajstić information content (AvgIpc) is 2.81. The second-order valence-electron chi connectivity index (χ2n) is 7.44. The molecule has 9 nitrogen and oxygen atoms in total. The Kier molecular flexibility index (Phi) is 11.3. The fourth-order valence-corrected chi connectivity index (χ4v) is 5.76. The lowest BCUT2D eigenvalue weighted by Gasteiger charge is -2.12. The first-order valence-electron chi connectivity index (χ1n) is 10.3. The summed E-state index contributed by atoms with van der Waals surface area (Å²) in [7, 11) is -0.801. The highest BCUT2D eigenvalue weighted by molar-refractivity contribution is 8.76. The number of nitrogens with zero attached hydrogens (tertiary/aromatic N) is 2. The van der Waals surface area contributed by atoms with Crippen LogP contribution in [-0.2, 0) is 40.6 Å². The van der Waals surface area contributed by atoms with E-state index in [1.807, 2.05) is 0 Å². The molecule has 0 aliphatic carbocycles. The van der Waals surface area contributed by atoms with Crippen LogP contribution in [0, 0.1) is 13.8 Å². The zero-order valence-corrected chi connectivity index (χ0v) is 21.7. The molecule has 5 N–H and O–H groups in total. The van der Waals surface area contributed by atoms with Gasteiger partial charge in [-0.25, -0.2) is 0 Å². The predicted octanol–water partition coefficient (Wildman–Crippen LogP) is 3.65. The molecule has 0 amide bonds. The third kappa shape index (κ3) is 8.98. The van der Waals surface area contributed by atoms with Crippen LogP contribution in [0.4, 0.5) is 0 Å². The van der Waals surface area contributed by atoms with Crippen molar-refractivity contribution in [2.75, 3.05) is 0 Å². The topological polar surface area (TPSA) is 161 Å². The van der Waals surface area contributed by atoms with Crippen molar-refractivity contribution in [3.63, 3.8) is 0 Å². The Hall–Kier alpha value is -2.35. The molecule has 2 heterocycles. The highest BCUT2D eigenvalue weighted by atomic mass is 33.1. The molecule has 0 saturated carbocycles. The molecule has 1 aromatic carbocycles. The molecule has 12 heteroatoms. The van der Waals surface area contributed by atoms with Crippen LogP contribution >= 0.6 is 21.6 Å². The number of aryl methyl sites for hydroxylation is 2. The molecule has 0 spiro atoms. The maximum Gasteiger partial charge on any atom is 0.269 e. The van der Waals surface area contributed by atoms with Gasteiger partial charge >= 0.3 is 0 Å². The van der Waals surface area contributed by atoms with Crippen LogP contribution in [0.5, 0.6) is 11.5 Å². The van der Waals surface area contributed by atoms with Crippen molar-refractivity contribution < 1.29 is 33.4 Å². The van der Waals surface area contributed by atoms with Crippen molar-refractivity contribution in [2.45, 2.75) is 44.3 Å². The molecule has 0 aliphatic rings. The second kappa shape index (κ2) is 13.7. The molecule has 0 unspecified atom stereocenters. The number of aliphatic hydroxyl groups is 2. The number of pyridine rings is 2. The molecule has 35 heavy (non-hydrogen) atoms. The Morgan fingerprint density at radius 1 is 0.800 bits per heavy atom. The van der Waals surface area contributed by atoms with E-state index >= 15 is 0 Å². The van der Waals surface area contributed by atoms with Crippen LogP contribution in [0.25, 0.3) is 0 Å². The minimum absolute atomic E-state index is 0.0378. The molecule has 0 saturated heterocycles. The Labute approximate surface area is 212 Å². The lowest BCUT2D eigenvalue weighted by atomic mass is 10.1. The third-order valence-corrected chi connectivity index (χ3v) is 7.81. The lowest BCUT2D eigenvalue weighted by molar-refractivity contribution is 0.273. The van der Waals surface area contributed by atoms with Crippen LogP contribution in [0.2, 0.25) is 0 Å². The molecule has 2 aromatic heterocycles. The number of aliphatic hydroxyl groups excluding tert-OH is 2. The molecule has 3 rings (SSSR count). The van der Waals surface area contributed by atoms with Gasteiger partial charge in [0.15, 0.2) is 0 Å². The molecule has 0 aliphatic heterocycles. The Morgan fingerprint density at radius 2 is 1.23 bits per heavy atom. The number of aromatic hydroxyl groups is 2. The van der Waals surface area contributed by atoms with Gasteiger partial charge in [-0.2, -0.15) is 8.42 Å². The Morgan fingerprint density at radius 3 is 1.60 bits per heavy atom. The summed E-state index contributed by atoms with van der Waals surface area (Å²) < 4.78 is 29.2. The maximum absolute atomic E-state index is 10.4. The smallest absolute Gasteiger partial charge is 0.269 e. The van der Waals surface area contributed by atoms with Crippen molar-refractivity contribution in [3.8, 4) is 11.5 Å². The first-order chi connectivity index (χ1) is 16.6. The van der Waals surface area contributed by atoms with Gasteiger partial charge in [-0.15, -0.1) is 0 Å². The van der Waals surface area contributed by atoms with Gasteiger partial charge in [0.2, 0.25) is 0 Å². The summed E-state index contributed by atoms with van der Waals surface area (Å²) in [5.41, 5.74) is 4.15. The van der Waals surface area contributed by atoms with Gasteiger partial charge in [0.1, 0.15) is 17.3 Å². The number of hydrogen-bond acceptors (Lipinski definition) is 10. The monoisotopic (exact) mass is 540 g/mol. The summed E-state index contributed by atoms with van der Waals surface area (Å²) in [6, 6.07) is 8.52. The van der Waals surface area contributed by atoms with E-state index in [9.17, 15) is 28.8 Å². The van der Waals surface area contributed by atoms with E-state index < -0.39 is 10.1 Å². The summed E-state index contributed by atoms with van der Waals surface area (Å²) in [5.74, 6) is 0.905. The molecule has 0 radical (unpaired) electrons. The van der Waals surface area contributed by atoms with Crippen molar-refractivity contribution in [1.29, 1.82) is 0 Å². The van der Waals surface area contributed by atoms with E-state index in [1.54, 1.807) is 56.6 Å². The molecule has 3 aromatic rings. The average molecular weight is 541 g/mol.